The van der Waals surface area contributed by atoms with Gasteiger partial charge in [0, 0.05) is 6.42 Å². The van der Waals surface area contributed by atoms with Gasteiger partial charge in [-0.1, -0.05) is 12.1 Å². The summed E-state index contributed by atoms with van der Waals surface area (Å²) in [6, 6.07) is 5.83. The van der Waals surface area contributed by atoms with E-state index in [1.165, 1.54) is 12.7 Å². The van der Waals surface area contributed by atoms with Gasteiger partial charge in [-0.15, -0.1) is 0 Å². The highest BCUT2D eigenvalue weighted by molar-refractivity contribution is 5.77. The van der Waals surface area contributed by atoms with Crippen LogP contribution in [0.25, 0.3) is 0 Å². The predicted molar refractivity (Wildman–Crippen MR) is 54.5 cm³/mol. The molecule has 1 heterocycles. The molecule has 0 aliphatic carbocycles. The Morgan fingerprint density at radius 3 is 3.27 bits per heavy atom. The number of amides is 1. The van der Waals surface area contributed by atoms with E-state index < -0.39 is 0 Å². The van der Waals surface area contributed by atoms with Crippen molar-refractivity contribution in [3.63, 3.8) is 0 Å². The third-order valence-electron chi connectivity index (χ3n) is 2.33. The summed E-state index contributed by atoms with van der Waals surface area (Å²) in [5.41, 5.74) is 4.45. The van der Waals surface area contributed by atoms with Crippen LogP contribution >= 0.6 is 0 Å². The van der Waals surface area contributed by atoms with Gasteiger partial charge in [0.05, 0.1) is 20.1 Å². The van der Waals surface area contributed by atoms with Crippen molar-refractivity contribution in [3.8, 4) is 5.75 Å². The van der Waals surface area contributed by atoms with E-state index in [4.69, 9.17) is 4.74 Å². The van der Waals surface area contributed by atoms with Gasteiger partial charge in [-0.05, 0) is 17.2 Å². The van der Waals surface area contributed by atoms with Gasteiger partial charge >= 0.3 is 0 Å². The lowest BCUT2D eigenvalue weighted by Gasteiger charge is -2.04. The first kappa shape index (κ1) is 9.98. The van der Waals surface area contributed by atoms with Gasteiger partial charge in [-0.25, -0.2) is 5.48 Å². The van der Waals surface area contributed by atoms with Crippen LogP contribution in [0.15, 0.2) is 18.2 Å². The van der Waals surface area contributed by atoms with E-state index in [9.17, 15) is 4.79 Å². The zero-order valence-electron chi connectivity index (χ0n) is 8.58. The van der Waals surface area contributed by atoms with Crippen molar-refractivity contribution in [1.82, 2.24) is 5.48 Å². The summed E-state index contributed by atoms with van der Waals surface area (Å²) in [7, 11) is 1.43. The number of carbonyl (C=O) groups is 1. The molecule has 0 aromatic heterocycles. The summed E-state index contributed by atoms with van der Waals surface area (Å²) in [6.07, 6.45) is 1.26. The summed E-state index contributed by atoms with van der Waals surface area (Å²) < 4.78 is 5.38. The van der Waals surface area contributed by atoms with Crippen LogP contribution in [0.4, 0.5) is 0 Å². The smallest absolute Gasteiger partial charge is 0.247 e. The normalized spacial score (nSPS) is 13.1. The van der Waals surface area contributed by atoms with Gasteiger partial charge in [-0.2, -0.15) is 0 Å². The molecule has 15 heavy (non-hydrogen) atoms. The average Bonchev–Trinajstić information content (AvgIpc) is 2.65. The lowest BCUT2D eigenvalue weighted by Crippen LogP contribution is -2.23. The first-order chi connectivity index (χ1) is 7.29. The largest absolute Gasteiger partial charge is 0.493 e. The standard InChI is InChI=1S/C11H13NO3/c1-14-12-11(13)7-8-2-3-10-9(6-8)4-5-15-10/h2-3,6H,4-5,7H2,1H3,(H,12,13). The van der Waals surface area contributed by atoms with Gasteiger partial charge in [0.1, 0.15) is 5.75 Å². The Morgan fingerprint density at radius 1 is 1.60 bits per heavy atom. The van der Waals surface area contributed by atoms with Crippen LogP contribution in [0.5, 0.6) is 5.75 Å². The van der Waals surface area contributed by atoms with E-state index in [1.807, 2.05) is 18.2 Å². The Hall–Kier alpha value is -1.55. The average molecular weight is 207 g/mol. The fraction of sp³-hybridized carbons (Fsp3) is 0.364. The minimum atomic E-state index is -0.142. The molecule has 0 spiro atoms. The number of hydrogen-bond acceptors (Lipinski definition) is 3. The van der Waals surface area contributed by atoms with E-state index >= 15 is 0 Å². The zero-order chi connectivity index (χ0) is 10.7. The molecule has 1 aliphatic rings. The van der Waals surface area contributed by atoms with E-state index in [0.29, 0.717) is 6.42 Å². The second kappa shape index (κ2) is 4.31. The number of carbonyl (C=O) groups excluding carboxylic acids is 1. The molecule has 1 aliphatic heterocycles. The van der Waals surface area contributed by atoms with Crippen LogP contribution < -0.4 is 10.2 Å². The Kier molecular flexibility index (Phi) is 2.87. The van der Waals surface area contributed by atoms with Gasteiger partial charge in [0.2, 0.25) is 5.91 Å². The van der Waals surface area contributed by atoms with Crippen LogP contribution in [0.2, 0.25) is 0 Å². The number of hydrogen-bond donors (Lipinski definition) is 1. The molecule has 0 unspecified atom stereocenters. The molecule has 1 aromatic rings. The number of rotatable bonds is 3. The van der Waals surface area contributed by atoms with Crippen molar-refractivity contribution < 1.29 is 14.4 Å². The fourth-order valence-electron chi connectivity index (χ4n) is 1.69. The van der Waals surface area contributed by atoms with Crippen LogP contribution in [0.1, 0.15) is 11.1 Å². The minimum absolute atomic E-state index is 0.142. The van der Waals surface area contributed by atoms with Crippen molar-refractivity contribution in [2.75, 3.05) is 13.7 Å². The third kappa shape index (κ3) is 2.27. The summed E-state index contributed by atoms with van der Waals surface area (Å²) in [6.45, 7) is 0.739. The first-order valence-corrected chi connectivity index (χ1v) is 4.86. The minimum Gasteiger partial charge on any atom is -0.493 e. The Morgan fingerprint density at radius 2 is 2.47 bits per heavy atom. The molecule has 0 atom stereocenters. The second-order valence-electron chi connectivity index (χ2n) is 3.45. The monoisotopic (exact) mass is 207 g/mol. The van der Waals surface area contributed by atoms with Crippen LogP contribution in [-0.2, 0) is 22.5 Å². The summed E-state index contributed by atoms with van der Waals surface area (Å²) >= 11 is 0. The molecule has 1 amide bonds. The molecule has 1 N–H and O–H groups in total. The first-order valence-electron chi connectivity index (χ1n) is 4.86. The number of benzene rings is 1. The van der Waals surface area contributed by atoms with Gasteiger partial charge < -0.3 is 4.74 Å². The molecule has 2 rings (SSSR count). The number of hydroxylamine groups is 1. The van der Waals surface area contributed by atoms with Crippen molar-refractivity contribution in [3.05, 3.63) is 29.3 Å². The maximum absolute atomic E-state index is 11.2. The Labute approximate surface area is 88.1 Å². The molecule has 0 fully saturated rings. The van der Waals surface area contributed by atoms with Crippen molar-refractivity contribution in [2.45, 2.75) is 12.8 Å². The molecule has 80 valence electrons. The van der Waals surface area contributed by atoms with Gasteiger partial charge in [0.15, 0.2) is 0 Å². The van der Waals surface area contributed by atoms with Gasteiger partial charge in [0.25, 0.3) is 0 Å². The Balaban J connectivity index is 2.06. The summed E-state index contributed by atoms with van der Waals surface area (Å²) in [4.78, 5) is 15.8. The van der Waals surface area contributed by atoms with Crippen LogP contribution in [0.3, 0.4) is 0 Å². The summed E-state index contributed by atoms with van der Waals surface area (Å²) in [5, 5.41) is 0. The maximum atomic E-state index is 11.2. The van der Waals surface area contributed by atoms with Gasteiger partial charge in [-0.3, -0.25) is 9.63 Å². The molecule has 0 bridgehead atoms. The molecule has 4 heteroatoms. The fourth-order valence-corrected chi connectivity index (χ4v) is 1.69. The molecule has 0 saturated heterocycles. The highest BCUT2D eigenvalue weighted by atomic mass is 16.6. The lowest BCUT2D eigenvalue weighted by molar-refractivity contribution is -0.130. The lowest BCUT2D eigenvalue weighted by atomic mass is 10.1. The Bertz CT molecular complexity index is 376. The number of fused-ring (bicyclic) bond motifs is 1. The quantitative estimate of drug-likeness (QED) is 0.747. The SMILES string of the molecule is CONC(=O)Cc1ccc2c(c1)CCO2. The molecular weight excluding hydrogens is 194 g/mol. The molecular formula is C11H13NO3. The van der Waals surface area contributed by atoms with E-state index in [2.05, 4.69) is 10.3 Å². The van der Waals surface area contributed by atoms with E-state index in [0.717, 1.165) is 24.3 Å². The maximum Gasteiger partial charge on any atom is 0.247 e. The second-order valence-corrected chi connectivity index (χ2v) is 3.45. The van der Waals surface area contributed by atoms with Crippen LogP contribution in [-0.4, -0.2) is 19.6 Å². The van der Waals surface area contributed by atoms with E-state index in [1.54, 1.807) is 0 Å². The van der Waals surface area contributed by atoms with Crippen molar-refractivity contribution >= 4 is 5.91 Å². The van der Waals surface area contributed by atoms with Crippen molar-refractivity contribution in [2.24, 2.45) is 0 Å². The summed E-state index contributed by atoms with van der Waals surface area (Å²) in [5.74, 6) is 0.794. The molecule has 1 aromatic carbocycles. The zero-order valence-corrected chi connectivity index (χ0v) is 8.58. The highest BCUT2D eigenvalue weighted by Gasteiger charge is 2.12. The molecule has 4 nitrogen and oxygen atoms in total. The molecule has 0 radical (unpaired) electrons. The third-order valence-corrected chi connectivity index (χ3v) is 2.33. The topological polar surface area (TPSA) is 47.6 Å². The van der Waals surface area contributed by atoms with E-state index in [-0.39, 0.29) is 5.91 Å². The molecule has 0 saturated carbocycles. The predicted octanol–water partition coefficient (Wildman–Crippen LogP) is 0.842. The number of ether oxygens (including phenoxy) is 1. The van der Waals surface area contributed by atoms with Crippen molar-refractivity contribution in [1.29, 1.82) is 0 Å². The van der Waals surface area contributed by atoms with Crippen LogP contribution in [0, 0.1) is 0 Å². The highest BCUT2D eigenvalue weighted by Crippen LogP contribution is 2.25. The number of nitrogens with one attached hydrogen (secondary N) is 1.